The van der Waals surface area contributed by atoms with Crippen LogP contribution in [-0.2, 0) is 6.42 Å². The lowest BCUT2D eigenvalue weighted by Crippen LogP contribution is -2.38. The molecule has 1 N–H and O–H groups in total. The fraction of sp³-hybridized carbons (Fsp3) is 0.647. The number of anilines is 1. The Morgan fingerprint density at radius 2 is 1.95 bits per heavy atom. The number of hydrogen-bond acceptors (Lipinski definition) is 3. The first-order chi connectivity index (χ1) is 9.88. The molecule has 2 saturated heterocycles. The van der Waals surface area contributed by atoms with Crippen molar-refractivity contribution in [2.45, 2.75) is 37.8 Å². The molecule has 0 aliphatic carbocycles. The first-order valence-electron chi connectivity index (χ1n) is 8.19. The first kappa shape index (κ1) is 12.7. The molecule has 3 heteroatoms. The molecule has 1 aromatic carbocycles. The summed E-state index contributed by atoms with van der Waals surface area (Å²) in [5, 5.41) is 3.69. The van der Waals surface area contributed by atoms with Crippen LogP contribution in [-0.4, -0.2) is 54.6 Å². The summed E-state index contributed by atoms with van der Waals surface area (Å²) >= 11 is 0. The fourth-order valence-corrected chi connectivity index (χ4v) is 4.18. The molecule has 0 amide bonds. The molecule has 108 valence electrons. The highest BCUT2D eigenvalue weighted by Gasteiger charge is 2.31. The minimum absolute atomic E-state index is 0.615. The predicted molar refractivity (Wildman–Crippen MR) is 83.2 cm³/mol. The molecule has 2 fully saturated rings. The van der Waals surface area contributed by atoms with Crippen molar-refractivity contribution < 1.29 is 0 Å². The maximum Gasteiger partial charge on any atom is 0.0429 e. The Kier molecular flexibility index (Phi) is 3.41. The van der Waals surface area contributed by atoms with Crippen LogP contribution in [0.5, 0.6) is 0 Å². The summed E-state index contributed by atoms with van der Waals surface area (Å²) in [5.74, 6) is 0. The summed E-state index contributed by atoms with van der Waals surface area (Å²) in [4.78, 5) is 5.39. The molecule has 3 aliphatic rings. The van der Waals surface area contributed by atoms with E-state index in [0.717, 1.165) is 6.04 Å². The van der Waals surface area contributed by atoms with Gasteiger partial charge in [0.05, 0.1) is 0 Å². The summed E-state index contributed by atoms with van der Waals surface area (Å²) in [6.45, 7) is 6.46. The maximum absolute atomic E-state index is 3.69. The standard InChI is InChI=1S/C17H25N3/c1-2-6-17-14(5-1)11-15(18-17)12-19-10-7-16(13-19)20-8-3-4-9-20/h1-2,5-6,15-16,18H,3-4,7-13H2. The highest BCUT2D eigenvalue weighted by Crippen LogP contribution is 2.27. The van der Waals surface area contributed by atoms with Crippen molar-refractivity contribution in [3.05, 3.63) is 29.8 Å². The van der Waals surface area contributed by atoms with Crippen LogP contribution < -0.4 is 5.32 Å². The number of fused-ring (bicyclic) bond motifs is 1. The Bertz CT molecular complexity index is 442. The smallest absolute Gasteiger partial charge is 0.0429 e. The largest absolute Gasteiger partial charge is 0.380 e. The molecule has 0 saturated carbocycles. The average molecular weight is 271 g/mol. The highest BCUT2D eigenvalue weighted by molar-refractivity contribution is 5.56. The van der Waals surface area contributed by atoms with Gasteiger partial charge in [-0.15, -0.1) is 0 Å². The molecule has 20 heavy (non-hydrogen) atoms. The molecule has 0 radical (unpaired) electrons. The number of rotatable bonds is 3. The van der Waals surface area contributed by atoms with Gasteiger partial charge in [0.1, 0.15) is 0 Å². The summed E-state index contributed by atoms with van der Waals surface area (Å²) in [6.07, 6.45) is 5.40. The van der Waals surface area contributed by atoms with E-state index in [1.165, 1.54) is 69.7 Å². The van der Waals surface area contributed by atoms with E-state index >= 15 is 0 Å². The molecule has 3 aliphatic heterocycles. The van der Waals surface area contributed by atoms with Gasteiger partial charge in [0.15, 0.2) is 0 Å². The quantitative estimate of drug-likeness (QED) is 0.909. The predicted octanol–water partition coefficient (Wildman–Crippen LogP) is 2.19. The number of nitrogens with one attached hydrogen (secondary N) is 1. The molecule has 3 nitrogen and oxygen atoms in total. The number of para-hydroxylation sites is 1. The van der Waals surface area contributed by atoms with Gasteiger partial charge in [-0.25, -0.2) is 0 Å². The molecule has 0 spiro atoms. The third-order valence-electron chi connectivity index (χ3n) is 5.23. The highest BCUT2D eigenvalue weighted by atomic mass is 15.3. The lowest BCUT2D eigenvalue weighted by Gasteiger charge is -2.25. The summed E-state index contributed by atoms with van der Waals surface area (Å²) in [5.41, 5.74) is 2.85. The van der Waals surface area contributed by atoms with Crippen molar-refractivity contribution in [2.75, 3.05) is 38.0 Å². The lowest BCUT2D eigenvalue weighted by atomic mass is 10.1. The van der Waals surface area contributed by atoms with Crippen molar-refractivity contribution in [3.63, 3.8) is 0 Å². The van der Waals surface area contributed by atoms with Gasteiger partial charge in [-0.05, 0) is 56.9 Å². The third-order valence-corrected chi connectivity index (χ3v) is 5.23. The van der Waals surface area contributed by atoms with Crippen LogP contribution in [0.4, 0.5) is 5.69 Å². The van der Waals surface area contributed by atoms with Gasteiger partial charge in [-0.2, -0.15) is 0 Å². The zero-order valence-electron chi connectivity index (χ0n) is 12.2. The van der Waals surface area contributed by atoms with Crippen molar-refractivity contribution in [3.8, 4) is 0 Å². The molecule has 0 bridgehead atoms. The topological polar surface area (TPSA) is 18.5 Å². The monoisotopic (exact) mass is 271 g/mol. The number of benzene rings is 1. The van der Waals surface area contributed by atoms with Crippen LogP contribution in [0.2, 0.25) is 0 Å². The number of hydrogen-bond donors (Lipinski definition) is 1. The summed E-state index contributed by atoms with van der Waals surface area (Å²) in [6, 6.07) is 10.2. The Balaban J connectivity index is 1.31. The van der Waals surface area contributed by atoms with E-state index in [0.29, 0.717) is 6.04 Å². The van der Waals surface area contributed by atoms with Gasteiger partial charge in [0.2, 0.25) is 0 Å². The molecule has 2 atom stereocenters. The minimum Gasteiger partial charge on any atom is -0.380 e. The van der Waals surface area contributed by atoms with E-state index in [2.05, 4.69) is 39.4 Å². The normalized spacial score (nSPS) is 30.6. The van der Waals surface area contributed by atoms with E-state index < -0.39 is 0 Å². The second kappa shape index (κ2) is 5.38. The van der Waals surface area contributed by atoms with Crippen LogP contribution in [0.25, 0.3) is 0 Å². The van der Waals surface area contributed by atoms with Crippen LogP contribution in [0.15, 0.2) is 24.3 Å². The van der Waals surface area contributed by atoms with Crippen LogP contribution >= 0.6 is 0 Å². The maximum atomic E-state index is 3.69. The first-order valence-corrected chi connectivity index (χ1v) is 8.19. The van der Waals surface area contributed by atoms with Gasteiger partial charge in [0.25, 0.3) is 0 Å². The van der Waals surface area contributed by atoms with Crippen molar-refractivity contribution >= 4 is 5.69 Å². The second-order valence-electron chi connectivity index (χ2n) is 6.65. The number of nitrogens with zero attached hydrogens (tertiary/aromatic N) is 2. The van der Waals surface area contributed by atoms with Crippen molar-refractivity contribution in [1.82, 2.24) is 9.80 Å². The lowest BCUT2D eigenvalue weighted by molar-refractivity contribution is 0.230. The van der Waals surface area contributed by atoms with Gasteiger partial charge in [-0.3, -0.25) is 9.80 Å². The molecular formula is C17H25N3. The molecule has 4 rings (SSSR count). The van der Waals surface area contributed by atoms with E-state index in [9.17, 15) is 0 Å². The van der Waals surface area contributed by atoms with Gasteiger partial charge in [0, 0.05) is 30.9 Å². The third kappa shape index (κ3) is 2.45. The van der Waals surface area contributed by atoms with Crippen LogP contribution in [0.3, 0.4) is 0 Å². The Labute approximate surface area is 121 Å². The molecule has 3 heterocycles. The zero-order chi connectivity index (χ0) is 13.4. The van der Waals surface area contributed by atoms with Crippen molar-refractivity contribution in [1.29, 1.82) is 0 Å². The van der Waals surface area contributed by atoms with Crippen LogP contribution in [0, 0.1) is 0 Å². The van der Waals surface area contributed by atoms with Gasteiger partial charge in [-0.1, -0.05) is 18.2 Å². The molecule has 1 aromatic rings. The van der Waals surface area contributed by atoms with E-state index in [4.69, 9.17) is 0 Å². The van der Waals surface area contributed by atoms with Crippen LogP contribution in [0.1, 0.15) is 24.8 Å². The second-order valence-corrected chi connectivity index (χ2v) is 6.65. The Morgan fingerprint density at radius 1 is 1.10 bits per heavy atom. The average Bonchev–Trinajstić information content (AvgIpc) is 3.18. The SMILES string of the molecule is c1ccc2c(c1)CC(CN1CCC(N3CCCC3)C1)N2. The minimum atomic E-state index is 0.615. The van der Waals surface area contributed by atoms with Gasteiger partial charge >= 0.3 is 0 Å². The van der Waals surface area contributed by atoms with Crippen molar-refractivity contribution in [2.24, 2.45) is 0 Å². The summed E-state index contributed by atoms with van der Waals surface area (Å²) < 4.78 is 0. The van der Waals surface area contributed by atoms with E-state index in [-0.39, 0.29) is 0 Å². The molecule has 0 aromatic heterocycles. The van der Waals surface area contributed by atoms with E-state index in [1.54, 1.807) is 0 Å². The number of likely N-dealkylation sites (tertiary alicyclic amines) is 2. The fourth-order valence-electron chi connectivity index (χ4n) is 4.18. The Hall–Kier alpha value is -1.06. The van der Waals surface area contributed by atoms with E-state index in [1.807, 2.05) is 0 Å². The zero-order valence-corrected chi connectivity index (χ0v) is 12.2. The summed E-state index contributed by atoms with van der Waals surface area (Å²) in [7, 11) is 0. The Morgan fingerprint density at radius 3 is 2.80 bits per heavy atom. The molecule has 2 unspecified atom stereocenters. The molecular weight excluding hydrogens is 246 g/mol. The van der Waals surface area contributed by atoms with Gasteiger partial charge < -0.3 is 5.32 Å².